The van der Waals surface area contributed by atoms with E-state index in [0.29, 0.717) is 22.5 Å². The van der Waals surface area contributed by atoms with Crippen LogP contribution in [0.3, 0.4) is 0 Å². The first-order chi connectivity index (χ1) is 10.1. The molecule has 0 saturated carbocycles. The topological polar surface area (TPSA) is 65.5 Å². The number of pyridine rings is 1. The Morgan fingerprint density at radius 3 is 3.00 bits per heavy atom. The van der Waals surface area contributed by atoms with Crippen LogP contribution in [-0.2, 0) is 0 Å². The monoisotopic (exact) mass is 285 g/mol. The number of rotatable bonds is 3. The molecule has 1 atom stereocenters. The van der Waals surface area contributed by atoms with E-state index in [1.165, 1.54) is 6.42 Å². The van der Waals surface area contributed by atoms with Crippen molar-refractivity contribution in [1.82, 2.24) is 9.88 Å². The minimum absolute atomic E-state index is 0.295. The van der Waals surface area contributed by atoms with E-state index in [4.69, 9.17) is 0 Å². The Balaban J connectivity index is 1.86. The average Bonchev–Trinajstić information content (AvgIpc) is 2.46. The van der Waals surface area contributed by atoms with Crippen molar-refractivity contribution < 1.29 is 9.90 Å². The number of benzene rings is 1. The number of carboxylic acids is 1. The molecule has 21 heavy (non-hydrogen) atoms. The smallest absolute Gasteiger partial charge is 0.336 e. The lowest BCUT2D eigenvalue weighted by molar-refractivity contribution is 0.0699. The quantitative estimate of drug-likeness (QED) is 0.906. The second-order valence-corrected chi connectivity index (χ2v) is 5.62. The standard InChI is InChI=1S/C16H19N3O2/c1-19-9-3-4-11(10-19)17-15-8-7-12-13(16(20)21)5-2-6-14(12)18-15/h2,5-8,11H,3-4,9-10H2,1H3,(H,17,18)(H,20,21). The number of aromatic nitrogens is 1. The van der Waals surface area contributed by atoms with Crippen molar-refractivity contribution in [1.29, 1.82) is 0 Å². The molecule has 2 heterocycles. The number of fused-ring (bicyclic) bond motifs is 1. The predicted octanol–water partition coefficient (Wildman–Crippen LogP) is 2.44. The van der Waals surface area contributed by atoms with Crippen molar-refractivity contribution in [3.05, 3.63) is 35.9 Å². The lowest BCUT2D eigenvalue weighted by Gasteiger charge is -2.30. The van der Waals surface area contributed by atoms with E-state index in [9.17, 15) is 9.90 Å². The zero-order valence-electron chi connectivity index (χ0n) is 12.0. The van der Waals surface area contributed by atoms with E-state index in [1.54, 1.807) is 12.1 Å². The Kier molecular flexibility index (Phi) is 3.75. The molecule has 0 radical (unpaired) electrons. The van der Waals surface area contributed by atoms with Crippen LogP contribution in [-0.4, -0.2) is 47.1 Å². The van der Waals surface area contributed by atoms with Crippen LogP contribution < -0.4 is 5.32 Å². The molecule has 2 aromatic rings. The van der Waals surface area contributed by atoms with Crippen molar-refractivity contribution in [3.8, 4) is 0 Å². The van der Waals surface area contributed by atoms with Crippen molar-refractivity contribution in [2.45, 2.75) is 18.9 Å². The number of likely N-dealkylation sites (N-methyl/N-ethyl adjacent to an activating group) is 1. The molecule has 110 valence electrons. The zero-order chi connectivity index (χ0) is 14.8. The number of carboxylic acid groups (broad SMARTS) is 1. The predicted molar refractivity (Wildman–Crippen MR) is 82.8 cm³/mol. The molecular formula is C16H19N3O2. The third kappa shape index (κ3) is 2.97. The number of likely N-dealkylation sites (tertiary alicyclic amines) is 1. The highest BCUT2D eigenvalue weighted by atomic mass is 16.4. The van der Waals surface area contributed by atoms with Crippen LogP contribution in [0.4, 0.5) is 5.82 Å². The Labute approximate surface area is 123 Å². The molecule has 2 N–H and O–H groups in total. The summed E-state index contributed by atoms with van der Waals surface area (Å²) in [6.07, 6.45) is 2.32. The van der Waals surface area contributed by atoms with Gasteiger partial charge in [-0.05, 0) is 50.7 Å². The van der Waals surface area contributed by atoms with E-state index in [2.05, 4.69) is 22.2 Å². The maximum Gasteiger partial charge on any atom is 0.336 e. The first-order valence-corrected chi connectivity index (χ1v) is 7.21. The van der Waals surface area contributed by atoms with E-state index < -0.39 is 5.97 Å². The lowest BCUT2D eigenvalue weighted by atomic mass is 10.1. The summed E-state index contributed by atoms with van der Waals surface area (Å²) in [4.78, 5) is 18.1. The number of piperidine rings is 1. The molecule has 1 aliphatic heterocycles. The summed E-state index contributed by atoms with van der Waals surface area (Å²) in [7, 11) is 2.13. The molecule has 1 aliphatic rings. The summed E-state index contributed by atoms with van der Waals surface area (Å²) in [6, 6.07) is 9.28. The summed E-state index contributed by atoms with van der Waals surface area (Å²) in [5.41, 5.74) is 1.01. The summed E-state index contributed by atoms with van der Waals surface area (Å²) in [6.45, 7) is 2.15. The van der Waals surface area contributed by atoms with Gasteiger partial charge in [-0.15, -0.1) is 0 Å². The highest BCUT2D eigenvalue weighted by Gasteiger charge is 2.17. The fraction of sp³-hybridized carbons (Fsp3) is 0.375. The van der Waals surface area contributed by atoms with Crippen LogP contribution in [0.1, 0.15) is 23.2 Å². The van der Waals surface area contributed by atoms with Gasteiger partial charge in [-0.1, -0.05) is 6.07 Å². The van der Waals surface area contributed by atoms with Gasteiger partial charge in [0.05, 0.1) is 11.1 Å². The fourth-order valence-corrected chi connectivity index (χ4v) is 2.92. The van der Waals surface area contributed by atoms with Crippen LogP contribution in [0.2, 0.25) is 0 Å². The minimum atomic E-state index is -0.919. The largest absolute Gasteiger partial charge is 0.478 e. The number of carbonyl (C=O) groups is 1. The zero-order valence-corrected chi connectivity index (χ0v) is 12.0. The molecule has 1 saturated heterocycles. The maximum absolute atomic E-state index is 11.2. The van der Waals surface area contributed by atoms with Crippen LogP contribution in [0.25, 0.3) is 10.9 Å². The van der Waals surface area contributed by atoms with Crippen molar-refractivity contribution in [2.24, 2.45) is 0 Å². The van der Waals surface area contributed by atoms with Gasteiger partial charge in [-0.3, -0.25) is 0 Å². The van der Waals surface area contributed by atoms with E-state index >= 15 is 0 Å². The number of anilines is 1. The van der Waals surface area contributed by atoms with Gasteiger partial charge in [0.1, 0.15) is 5.82 Å². The van der Waals surface area contributed by atoms with E-state index in [-0.39, 0.29) is 0 Å². The minimum Gasteiger partial charge on any atom is -0.478 e. The second kappa shape index (κ2) is 5.69. The number of nitrogens with one attached hydrogen (secondary N) is 1. The Morgan fingerprint density at radius 2 is 2.24 bits per heavy atom. The van der Waals surface area contributed by atoms with E-state index in [0.717, 1.165) is 25.3 Å². The van der Waals surface area contributed by atoms with Gasteiger partial charge in [0.15, 0.2) is 0 Å². The molecule has 0 aliphatic carbocycles. The Morgan fingerprint density at radius 1 is 1.38 bits per heavy atom. The molecule has 5 nitrogen and oxygen atoms in total. The van der Waals surface area contributed by atoms with Gasteiger partial charge in [0, 0.05) is 18.0 Å². The molecule has 1 unspecified atom stereocenters. The van der Waals surface area contributed by atoms with Crippen LogP contribution in [0.5, 0.6) is 0 Å². The van der Waals surface area contributed by atoms with Gasteiger partial charge in [-0.2, -0.15) is 0 Å². The number of hydrogen-bond donors (Lipinski definition) is 2. The molecule has 0 amide bonds. The molecule has 5 heteroatoms. The van der Waals surface area contributed by atoms with Crippen molar-refractivity contribution in [2.75, 3.05) is 25.5 Å². The SMILES string of the molecule is CN1CCCC(Nc2ccc3c(C(=O)O)cccc3n2)C1. The maximum atomic E-state index is 11.2. The molecule has 1 fully saturated rings. The van der Waals surface area contributed by atoms with Gasteiger partial charge < -0.3 is 15.3 Å². The number of hydrogen-bond acceptors (Lipinski definition) is 4. The van der Waals surface area contributed by atoms with Crippen LogP contribution >= 0.6 is 0 Å². The highest BCUT2D eigenvalue weighted by Crippen LogP contribution is 2.21. The van der Waals surface area contributed by atoms with Crippen LogP contribution in [0.15, 0.2) is 30.3 Å². The number of nitrogens with zero attached hydrogens (tertiary/aromatic N) is 2. The summed E-state index contributed by atoms with van der Waals surface area (Å²) >= 11 is 0. The molecule has 3 rings (SSSR count). The first-order valence-electron chi connectivity index (χ1n) is 7.21. The van der Waals surface area contributed by atoms with Crippen molar-refractivity contribution >= 4 is 22.7 Å². The second-order valence-electron chi connectivity index (χ2n) is 5.62. The molecule has 1 aromatic carbocycles. The highest BCUT2D eigenvalue weighted by molar-refractivity contribution is 6.02. The van der Waals surface area contributed by atoms with Gasteiger partial charge in [-0.25, -0.2) is 9.78 Å². The third-order valence-corrected chi connectivity index (χ3v) is 3.94. The lowest BCUT2D eigenvalue weighted by Crippen LogP contribution is -2.39. The van der Waals surface area contributed by atoms with Gasteiger partial charge >= 0.3 is 5.97 Å². The summed E-state index contributed by atoms with van der Waals surface area (Å²) < 4.78 is 0. The normalized spacial score (nSPS) is 19.6. The van der Waals surface area contributed by atoms with Crippen LogP contribution in [0, 0.1) is 0 Å². The molecule has 1 aromatic heterocycles. The molecule has 0 spiro atoms. The number of aromatic carboxylic acids is 1. The van der Waals surface area contributed by atoms with Gasteiger partial charge in [0.25, 0.3) is 0 Å². The average molecular weight is 285 g/mol. The van der Waals surface area contributed by atoms with Gasteiger partial charge in [0.2, 0.25) is 0 Å². The first kappa shape index (κ1) is 13.8. The Bertz CT molecular complexity index is 672. The Hall–Kier alpha value is -2.14. The molecule has 0 bridgehead atoms. The van der Waals surface area contributed by atoms with Crippen molar-refractivity contribution in [3.63, 3.8) is 0 Å². The third-order valence-electron chi connectivity index (χ3n) is 3.94. The summed E-state index contributed by atoms with van der Waals surface area (Å²) in [5.74, 6) is -0.109. The van der Waals surface area contributed by atoms with E-state index in [1.807, 2.05) is 18.2 Å². The summed E-state index contributed by atoms with van der Waals surface area (Å²) in [5, 5.41) is 13.3. The fourth-order valence-electron chi connectivity index (χ4n) is 2.92. The molecular weight excluding hydrogens is 266 g/mol.